The summed E-state index contributed by atoms with van der Waals surface area (Å²) in [7, 11) is 0. The molecular weight excluding hydrogens is 242 g/mol. The summed E-state index contributed by atoms with van der Waals surface area (Å²) in [6, 6.07) is 4.15. The fraction of sp³-hybridized carbons (Fsp3) is 0.571. The van der Waals surface area contributed by atoms with Crippen LogP contribution in [-0.2, 0) is 11.2 Å². The van der Waals surface area contributed by atoms with Gasteiger partial charge in [-0.25, -0.2) is 0 Å². The van der Waals surface area contributed by atoms with Crippen molar-refractivity contribution in [2.24, 2.45) is 5.73 Å². The Kier molecular flexibility index (Phi) is 4.74. The van der Waals surface area contributed by atoms with Crippen LogP contribution in [0.4, 0.5) is 0 Å². The van der Waals surface area contributed by atoms with E-state index in [1.54, 1.807) is 6.20 Å². The molecule has 0 atom stereocenters. The van der Waals surface area contributed by atoms with Gasteiger partial charge in [0.25, 0.3) is 5.91 Å². The Labute approximate surface area is 113 Å². The molecule has 2 N–H and O–H groups in total. The molecule has 1 aromatic heterocycles. The second kappa shape index (κ2) is 6.52. The van der Waals surface area contributed by atoms with Crippen molar-refractivity contribution >= 4 is 5.91 Å². The second-order valence-corrected chi connectivity index (χ2v) is 4.72. The van der Waals surface area contributed by atoms with E-state index < -0.39 is 0 Å². The molecule has 2 rings (SSSR count). The summed E-state index contributed by atoms with van der Waals surface area (Å²) < 4.78 is 5.48. The zero-order chi connectivity index (χ0) is 13.7. The largest absolute Gasteiger partial charge is 0.482 e. The molecule has 1 aromatic rings. The van der Waals surface area contributed by atoms with Crippen LogP contribution in [0.1, 0.15) is 25.5 Å². The Morgan fingerprint density at radius 3 is 2.84 bits per heavy atom. The molecule has 1 saturated carbocycles. The number of pyridine rings is 1. The van der Waals surface area contributed by atoms with E-state index in [1.165, 1.54) is 0 Å². The molecule has 5 heteroatoms. The highest BCUT2D eigenvalue weighted by molar-refractivity contribution is 5.78. The molecular formula is C14H21N3O2. The van der Waals surface area contributed by atoms with E-state index in [2.05, 4.69) is 4.98 Å². The summed E-state index contributed by atoms with van der Waals surface area (Å²) >= 11 is 0. The van der Waals surface area contributed by atoms with Crippen molar-refractivity contribution in [1.82, 2.24) is 9.88 Å². The van der Waals surface area contributed by atoms with Crippen LogP contribution in [0.5, 0.6) is 5.75 Å². The maximum atomic E-state index is 12.0. The zero-order valence-electron chi connectivity index (χ0n) is 11.3. The van der Waals surface area contributed by atoms with Crippen LogP contribution < -0.4 is 10.5 Å². The van der Waals surface area contributed by atoms with Crippen LogP contribution >= 0.6 is 0 Å². The number of amides is 1. The van der Waals surface area contributed by atoms with Crippen LogP contribution in [0.15, 0.2) is 18.3 Å². The Bertz CT molecular complexity index is 415. The minimum Gasteiger partial charge on any atom is -0.482 e. The normalized spacial score (nSPS) is 14.2. The summed E-state index contributed by atoms with van der Waals surface area (Å²) in [5.41, 5.74) is 6.40. The first kappa shape index (κ1) is 13.8. The van der Waals surface area contributed by atoms with E-state index in [4.69, 9.17) is 10.5 Å². The van der Waals surface area contributed by atoms with Gasteiger partial charge in [-0.1, -0.05) is 0 Å². The molecule has 0 spiro atoms. The van der Waals surface area contributed by atoms with E-state index in [0.717, 1.165) is 31.5 Å². The smallest absolute Gasteiger partial charge is 0.260 e. The summed E-state index contributed by atoms with van der Waals surface area (Å²) in [5, 5.41) is 0. The number of hydrogen-bond donors (Lipinski definition) is 1. The van der Waals surface area contributed by atoms with Gasteiger partial charge in [-0.05, 0) is 38.4 Å². The molecule has 0 aliphatic heterocycles. The number of carbonyl (C=O) groups excluding carboxylic acids is 1. The molecule has 104 valence electrons. The molecule has 1 aliphatic carbocycles. The maximum Gasteiger partial charge on any atom is 0.260 e. The summed E-state index contributed by atoms with van der Waals surface area (Å²) in [6.45, 7) is 3.42. The maximum absolute atomic E-state index is 12.0. The lowest BCUT2D eigenvalue weighted by Crippen LogP contribution is -2.36. The van der Waals surface area contributed by atoms with Gasteiger partial charge in [0.1, 0.15) is 5.75 Å². The third-order valence-corrected chi connectivity index (χ3v) is 3.21. The Morgan fingerprint density at radius 1 is 1.53 bits per heavy atom. The molecule has 1 heterocycles. The minimum absolute atomic E-state index is 0.0519. The second-order valence-electron chi connectivity index (χ2n) is 4.72. The molecule has 5 nitrogen and oxygen atoms in total. The first-order chi connectivity index (χ1) is 9.24. The van der Waals surface area contributed by atoms with Crippen molar-refractivity contribution in [3.8, 4) is 5.75 Å². The summed E-state index contributed by atoms with van der Waals surface area (Å²) in [4.78, 5) is 18.1. The van der Waals surface area contributed by atoms with Crippen molar-refractivity contribution in [2.75, 3.05) is 19.7 Å². The zero-order valence-corrected chi connectivity index (χ0v) is 11.3. The van der Waals surface area contributed by atoms with E-state index in [9.17, 15) is 4.79 Å². The number of hydrogen-bond acceptors (Lipinski definition) is 4. The van der Waals surface area contributed by atoms with Gasteiger partial charge in [0.15, 0.2) is 6.61 Å². The SMILES string of the molecule is CCN(C(=O)COc1ccc(CCN)nc1)C1CC1. The molecule has 1 fully saturated rings. The quantitative estimate of drug-likeness (QED) is 0.796. The Hall–Kier alpha value is -1.62. The number of aromatic nitrogens is 1. The van der Waals surface area contributed by atoms with E-state index in [1.807, 2.05) is 24.0 Å². The molecule has 0 bridgehead atoms. The van der Waals surface area contributed by atoms with E-state index in [0.29, 0.717) is 18.3 Å². The van der Waals surface area contributed by atoms with Gasteiger partial charge in [0.2, 0.25) is 0 Å². The van der Waals surface area contributed by atoms with Gasteiger partial charge in [0.05, 0.1) is 6.20 Å². The fourth-order valence-electron chi connectivity index (χ4n) is 2.04. The molecule has 0 radical (unpaired) electrons. The number of likely N-dealkylation sites (N-methyl/N-ethyl adjacent to an activating group) is 1. The molecule has 0 unspecified atom stereocenters. The van der Waals surface area contributed by atoms with Crippen molar-refractivity contribution in [3.63, 3.8) is 0 Å². The van der Waals surface area contributed by atoms with Crippen LogP contribution in [-0.4, -0.2) is 41.5 Å². The highest BCUT2D eigenvalue weighted by Crippen LogP contribution is 2.26. The lowest BCUT2D eigenvalue weighted by atomic mass is 10.3. The predicted octanol–water partition coefficient (Wildman–Crippen LogP) is 0.972. The molecule has 0 saturated heterocycles. The molecule has 1 amide bonds. The number of nitrogens with zero attached hydrogens (tertiary/aromatic N) is 2. The number of ether oxygens (including phenoxy) is 1. The van der Waals surface area contributed by atoms with Gasteiger partial charge >= 0.3 is 0 Å². The number of rotatable bonds is 7. The Morgan fingerprint density at radius 2 is 2.32 bits per heavy atom. The molecule has 1 aliphatic rings. The average molecular weight is 263 g/mol. The van der Waals surface area contributed by atoms with Crippen molar-refractivity contribution in [1.29, 1.82) is 0 Å². The number of carbonyl (C=O) groups is 1. The lowest BCUT2D eigenvalue weighted by molar-refractivity contribution is -0.133. The van der Waals surface area contributed by atoms with Gasteiger partial charge in [-0.15, -0.1) is 0 Å². The third kappa shape index (κ3) is 3.92. The van der Waals surface area contributed by atoms with Crippen LogP contribution in [0.3, 0.4) is 0 Å². The highest BCUT2D eigenvalue weighted by Gasteiger charge is 2.31. The first-order valence-electron chi connectivity index (χ1n) is 6.82. The van der Waals surface area contributed by atoms with Gasteiger partial charge < -0.3 is 15.4 Å². The predicted molar refractivity (Wildman–Crippen MR) is 72.9 cm³/mol. The van der Waals surface area contributed by atoms with Crippen molar-refractivity contribution in [2.45, 2.75) is 32.2 Å². The summed E-state index contributed by atoms with van der Waals surface area (Å²) in [5.74, 6) is 0.678. The van der Waals surface area contributed by atoms with Crippen LogP contribution in [0.2, 0.25) is 0 Å². The lowest BCUT2D eigenvalue weighted by Gasteiger charge is -2.20. The monoisotopic (exact) mass is 263 g/mol. The van der Waals surface area contributed by atoms with Crippen LogP contribution in [0.25, 0.3) is 0 Å². The minimum atomic E-state index is 0.0519. The highest BCUT2D eigenvalue weighted by atomic mass is 16.5. The van der Waals surface area contributed by atoms with Gasteiger partial charge in [0, 0.05) is 24.7 Å². The van der Waals surface area contributed by atoms with Crippen LogP contribution in [0, 0.1) is 0 Å². The van der Waals surface area contributed by atoms with Crippen molar-refractivity contribution in [3.05, 3.63) is 24.0 Å². The fourth-order valence-corrected chi connectivity index (χ4v) is 2.04. The molecule has 19 heavy (non-hydrogen) atoms. The average Bonchev–Trinajstić information content (AvgIpc) is 3.24. The van der Waals surface area contributed by atoms with Crippen molar-refractivity contribution < 1.29 is 9.53 Å². The first-order valence-corrected chi connectivity index (χ1v) is 6.82. The standard InChI is InChI=1S/C14H21N3O2/c1-2-17(12-4-5-12)14(18)10-19-13-6-3-11(7-8-15)16-9-13/h3,6,9,12H,2,4-5,7-8,10,15H2,1H3. The summed E-state index contributed by atoms with van der Waals surface area (Å²) in [6.07, 6.45) is 4.64. The van der Waals surface area contributed by atoms with Gasteiger partial charge in [-0.2, -0.15) is 0 Å². The Balaban J connectivity index is 1.82. The molecule has 0 aromatic carbocycles. The van der Waals surface area contributed by atoms with E-state index in [-0.39, 0.29) is 12.5 Å². The number of nitrogens with two attached hydrogens (primary N) is 1. The van der Waals surface area contributed by atoms with Gasteiger partial charge in [-0.3, -0.25) is 9.78 Å². The third-order valence-electron chi connectivity index (χ3n) is 3.21. The van der Waals surface area contributed by atoms with E-state index >= 15 is 0 Å². The topological polar surface area (TPSA) is 68.5 Å².